The van der Waals surface area contributed by atoms with Crippen LogP contribution in [0.15, 0.2) is 39.9 Å². The topological polar surface area (TPSA) is 102 Å². The van der Waals surface area contributed by atoms with Crippen LogP contribution in [0.1, 0.15) is 22.1 Å². The van der Waals surface area contributed by atoms with Crippen LogP contribution in [-0.2, 0) is 12.3 Å². The maximum absolute atomic E-state index is 12.3. The van der Waals surface area contributed by atoms with Crippen LogP contribution in [0.4, 0.5) is 0 Å². The smallest absolute Gasteiger partial charge is 0.270 e. The molecule has 0 aliphatic carbocycles. The van der Waals surface area contributed by atoms with Crippen LogP contribution >= 0.6 is 11.8 Å². The van der Waals surface area contributed by atoms with Gasteiger partial charge in [-0.05, 0) is 18.4 Å². The molecule has 0 saturated carbocycles. The van der Waals surface area contributed by atoms with E-state index in [0.717, 1.165) is 0 Å². The second-order valence-corrected chi connectivity index (χ2v) is 5.49. The van der Waals surface area contributed by atoms with Crippen molar-refractivity contribution in [1.29, 1.82) is 0 Å². The van der Waals surface area contributed by atoms with Gasteiger partial charge in [-0.3, -0.25) is 14.0 Å². The van der Waals surface area contributed by atoms with E-state index in [1.54, 1.807) is 36.2 Å². The van der Waals surface area contributed by atoms with Gasteiger partial charge in [-0.2, -0.15) is 16.7 Å². The lowest BCUT2D eigenvalue weighted by Gasteiger charge is -2.04. The van der Waals surface area contributed by atoms with Gasteiger partial charge in [-0.25, -0.2) is 4.98 Å². The molecule has 0 radical (unpaired) electrons. The van der Waals surface area contributed by atoms with Gasteiger partial charge in [0.15, 0.2) is 5.82 Å². The fourth-order valence-corrected chi connectivity index (χ4v) is 2.36. The van der Waals surface area contributed by atoms with E-state index >= 15 is 0 Å². The molecule has 3 aromatic heterocycles. The highest BCUT2D eigenvalue weighted by Crippen LogP contribution is 2.05. The van der Waals surface area contributed by atoms with Gasteiger partial charge in [0, 0.05) is 12.4 Å². The first kappa shape index (κ1) is 15.2. The molecule has 23 heavy (non-hydrogen) atoms. The zero-order chi connectivity index (χ0) is 16.2. The fraction of sp³-hybridized carbons (Fsp3) is 0.214. The Kier molecular flexibility index (Phi) is 4.38. The molecule has 0 fully saturated rings. The monoisotopic (exact) mass is 331 g/mol. The Morgan fingerprint density at radius 2 is 2.30 bits per heavy atom. The lowest BCUT2D eigenvalue weighted by atomic mass is 10.3. The predicted octanol–water partition coefficient (Wildman–Crippen LogP) is 0.870. The summed E-state index contributed by atoms with van der Waals surface area (Å²) < 4.78 is 6.33. The van der Waals surface area contributed by atoms with Gasteiger partial charge in [0.1, 0.15) is 11.2 Å². The average molecular weight is 331 g/mol. The molecule has 0 aliphatic rings. The Balaban J connectivity index is 1.75. The number of hydrogen-bond donors (Lipinski definition) is 1. The number of carbonyl (C=O) groups is 1. The molecule has 3 rings (SSSR count). The molecule has 9 heteroatoms. The summed E-state index contributed by atoms with van der Waals surface area (Å²) in [7, 11) is 0. The summed E-state index contributed by atoms with van der Waals surface area (Å²) in [5.41, 5.74) is 0.00640. The lowest BCUT2D eigenvalue weighted by molar-refractivity contribution is 0.0944. The highest BCUT2D eigenvalue weighted by molar-refractivity contribution is 7.97. The Morgan fingerprint density at radius 3 is 3.13 bits per heavy atom. The molecule has 0 bridgehead atoms. The van der Waals surface area contributed by atoms with E-state index < -0.39 is 11.5 Å². The highest BCUT2D eigenvalue weighted by atomic mass is 32.2. The van der Waals surface area contributed by atoms with E-state index in [4.69, 9.17) is 4.52 Å². The Morgan fingerprint density at radius 1 is 1.43 bits per heavy atom. The number of aromatic nitrogens is 4. The van der Waals surface area contributed by atoms with Crippen molar-refractivity contribution in [1.82, 2.24) is 24.8 Å². The number of nitrogens with one attached hydrogen (secondary N) is 1. The predicted molar refractivity (Wildman–Crippen MR) is 84.1 cm³/mol. The number of nitrogens with zero attached hydrogens (tertiary/aromatic N) is 4. The second-order valence-electron chi connectivity index (χ2n) is 4.63. The molecule has 0 aliphatic heterocycles. The largest absolute Gasteiger partial charge is 0.343 e. The van der Waals surface area contributed by atoms with Crippen molar-refractivity contribution in [3.8, 4) is 0 Å². The summed E-state index contributed by atoms with van der Waals surface area (Å²) in [6.45, 7) is 0.0527. The van der Waals surface area contributed by atoms with Crippen LogP contribution in [0, 0.1) is 0 Å². The van der Waals surface area contributed by atoms with Crippen LogP contribution in [0.2, 0.25) is 0 Å². The molecule has 0 unspecified atom stereocenters. The SMILES string of the molecule is CSCc1noc(CNC(=O)c2cnc3ccccn3c2=O)n1. The molecule has 0 aromatic carbocycles. The molecule has 118 valence electrons. The molecular formula is C14H13N5O3S. The van der Waals surface area contributed by atoms with Gasteiger partial charge >= 0.3 is 0 Å². The number of rotatable bonds is 5. The number of thioether (sulfide) groups is 1. The number of amides is 1. The molecule has 0 saturated heterocycles. The zero-order valence-electron chi connectivity index (χ0n) is 12.2. The van der Waals surface area contributed by atoms with Gasteiger partial charge < -0.3 is 9.84 Å². The third kappa shape index (κ3) is 3.24. The van der Waals surface area contributed by atoms with Crippen molar-refractivity contribution >= 4 is 23.3 Å². The van der Waals surface area contributed by atoms with Crippen LogP contribution in [0.3, 0.4) is 0 Å². The van der Waals surface area contributed by atoms with Crippen LogP contribution in [-0.4, -0.2) is 31.7 Å². The molecule has 0 spiro atoms. The molecule has 3 heterocycles. The standard InChI is InChI=1S/C14H13N5O3S/c1-23-8-10-17-12(22-18-10)7-16-13(20)9-6-15-11-4-2-3-5-19(11)14(9)21/h2-6H,7-8H2,1H3,(H,16,20). The molecule has 0 atom stereocenters. The van der Waals surface area contributed by atoms with Crippen molar-refractivity contribution in [3.05, 3.63) is 58.2 Å². The number of fused-ring (bicyclic) bond motifs is 1. The van der Waals surface area contributed by atoms with Crippen molar-refractivity contribution in [3.63, 3.8) is 0 Å². The average Bonchev–Trinajstić information content (AvgIpc) is 3.01. The Hall–Kier alpha value is -2.68. The molecule has 3 aromatic rings. The van der Waals surface area contributed by atoms with Gasteiger partial charge in [-0.15, -0.1) is 0 Å². The first-order valence-electron chi connectivity index (χ1n) is 6.74. The third-order valence-corrected chi connectivity index (χ3v) is 3.59. The maximum atomic E-state index is 12.3. The minimum absolute atomic E-state index is 0.0439. The summed E-state index contributed by atoms with van der Waals surface area (Å²) in [5.74, 6) is 0.948. The van der Waals surface area contributed by atoms with Gasteiger partial charge in [0.2, 0.25) is 5.89 Å². The minimum atomic E-state index is -0.537. The van der Waals surface area contributed by atoms with E-state index in [9.17, 15) is 9.59 Å². The molecular weight excluding hydrogens is 318 g/mol. The fourth-order valence-electron chi connectivity index (χ4n) is 1.98. The van der Waals surface area contributed by atoms with E-state index in [1.807, 2.05) is 6.26 Å². The van der Waals surface area contributed by atoms with Crippen LogP contribution < -0.4 is 10.9 Å². The highest BCUT2D eigenvalue weighted by Gasteiger charge is 2.14. The molecule has 1 N–H and O–H groups in total. The number of hydrogen-bond acceptors (Lipinski definition) is 7. The van der Waals surface area contributed by atoms with E-state index in [1.165, 1.54) is 10.6 Å². The van der Waals surface area contributed by atoms with Crippen molar-refractivity contribution in [2.45, 2.75) is 12.3 Å². The second kappa shape index (κ2) is 6.61. The summed E-state index contributed by atoms with van der Waals surface area (Å²) in [4.78, 5) is 32.7. The molecule has 1 amide bonds. The maximum Gasteiger partial charge on any atom is 0.270 e. The van der Waals surface area contributed by atoms with E-state index in [2.05, 4.69) is 20.4 Å². The van der Waals surface area contributed by atoms with E-state index in [0.29, 0.717) is 17.2 Å². The van der Waals surface area contributed by atoms with Crippen molar-refractivity contribution in [2.75, 3.05) is 6.26 Å². The third-order valence-electron chi connectivity index (χ3n) is 3.04. The first-order valence-corrected chi connectivity index (χ1v) is 8.13. The van der Waals surface area contributed by atoms with Crippen molar-refractivity contribution in [2.24, 2.45) is 0 Å². The van der Waals surface area contributed by atoms with Gasteiger partial charge in [-0.1, -0.05) is 11.2 Å². The lowest BCUT2D eigenvalue weighted by Crippen LogP contribution is -2.31. The zero-order valence-corrected chi connectivity index (χ0v) is 13.0. The van der Waals surface area contributed by atoms with Crippen LogP contribution in [0.5, 0.6) is 0 Å². The van der Waals surface area contributed by atoms with Gasteiger partial charge in [0.25, 0.3) is 11.5 Å². The Bertz CT molecular complexity index is 905. The van der Waals surface area contributed by atoms with E-state index in [-0.39, 0.29) is 18.0 Å². The van der Waals surface area contributed by atoms with Crippen molar-refractivity contribution < 1.29 is 9.32 Å². The normalized spacial score (nSPS) is 10.8. The Labute approximate surface area is 134 Å². The first-order chi connectivity index (χ1) is 11.2. The summed E-state index contributed by atoms with van der Waals surface area (Å²) in [6, 6.07) is 5.15. The summed E-state index contributed by atoms with van der Waals surface area (Å²) >= 11 is 1.57. The minimum Gasteiger partial charge on any atom is -0.343 e. The van der Waals surface area contributed by atoms with Crippen LogP contribution in [0.25, 0.3) is 5.65 Å². The number of carbonyl (C=O) groups excluding carboxylic acids is 1. The quantitative estimate of drug-likeness (QED) is 0.740. The molecule has 8 nitrogen and oxygen atoms in total. The number of pyridine rings is 1. The summed E-state index contributed by atoms with van der Waals surface area (Å²) in [5, 5.41) is 6.36. The van der Waals surface area contributed by atoms with Gasteiger partial charge in [0.05, 0.1) is 12.3 Å². The summed E-state index contributed by atoms with van der Waals surface area (Å²) in [6.07, 6.45) is 4.76.